The second-order valence-corrected chi connectivity index (χ2v) is 5.16. The first-order chi connectivity index (χ1) is 10.3. The number of nitrogens with one attached hydrogen (secondary N) is 1. The molecule has 1 aromatic carbocycles. The summed E-state index contributed by atoms with van der Waals surface area (Å²) in [5.41, 5.74) is 3.86. The second kappa shape index (κ2) is 5.98. The molecule has 0 amide bonds. The molecular formula is C16H18N4O. The molecule has 1 aromatic heterocycles. The van der Waals surface area contributed by atoms with Gasteiger partial charge in [0, 0.05) is 19.2 Å². The van der Waals surface area contributed by atoms with E-state index in [-0.39, 0.29) is 0 Å². The van der Waals surface area contributed by atoms with Crippen molar-refractivity contribution in [3.05, 3.63) is 41.1 Å². The van der Waals surface area contributed by atoms with Crippen molar-refractivity contribution in [2.24, 2.45) is 0 Å². The molecule has 1 aliphatic heterocycles. The molecule has 108 valence electrons. The highest BCUT2D eigenvalue weighted by atomic mass is 16.5. The summed E-state index contributed by atoms with van der Waals surface area (Å²) < 4.78 is 7.20. The molecule has 0 aliphatic carbocycles. The maximum absolute atomic E-state index is 8.90. The zero-order chi connectivity index (χ0) is 14.7. The van der Waals surface area contributed by atoms with Crippen LogP contribution in [-0.4, -0.2) is 23.4 Å². The van der Waals surface area contributed by atoms with Crippen molar-refractivity contribution in [2.75, 3.05) is 19.0 Å². The van der Waals surface area contributed by atoms with E-state index in [4.69, 9.17) is 15.1 Å². The molecule has 1 N–H and O–H groups in total. The van der Waals surface area contributed by atoms with Crippen LogP contribution >= 0.6 is 0 Å². The van der Waals surface area contributed by atoms with E-state index in [0.717, 1.165) is 43.0 Å². The van der Waals surface area contributed by atoms with Crippen molar-refractivity contribution in [3.63, 3.8) is 0 Å². The lowest BCUT2D eigenvalue weighted by molar-refractivity contribution is 0.180. The van der Waals surface area contributed by atoms with Gasteiger partial charge in [0.05, 0.1) is 29.6 Å². The van der Waals surface area contributed by atoms with Crippen molar-refractivity contribution in [2.45, 2.75) is 25.9 Å². The number of nitriles is 1. The number of rotatable bonds is 3. The first kappa shape index (κ1) is 13.7. The van der Waals surface area contributed by atoms with Crippen molar-refractivity contribution in [1.29, 1.82) is 5.26 Å². The van der Waals surface area contributed by atoms with E-state index in [9.17, 15) is 0 Å². The van der Waals surface area contributed by atoms with Crippen LogP contribution in [0.5, 0.6) is 0 Å². The number of ether oxygens (including phenoxy) is 1. The van der Waals surface area contributed by atoms with Gasteiger partial charge in [-0.25, -0.2) is 4.68 Å². The van der Waals surface area contributed by atoms with Crippen LogP contribution in [0.2, 0.25) is 0 Å². The second-order valence-electron chi connectivity index (χ2n) is 5.16. The Morgan fingerprint density at radius 1 is 1.33 bits per heavy atom. The van der Waals surface area contributed by atoms with Gasteiger partial charge in [0.15, 0.2) is 0 Å². The van der Waals surface area contributed by atoms with Crippen LogP contribution in [0, 0.1) is 11.3 Å². The standard InChI is InChI=1S/C16H18N4O/c1-21-11-15-14-4-2-3-9-18-16(14)20(19-15)13-7-5-12(10-17)6-8-13/h5-8,18H,2-4,9,11H2,1H3. The molecule has 0 atom stereocenters. The average molecular weight is 282 g/mol. The van der Waals surface area contributed by atoms with Crippen LogP contribution in [0.25, 0.3) is 5.69 Å². The number of fused-ring (bicyclic) bond motifs is 1. The SMILES string of the molecule is COCc1nn(-c2ccc(C#N)cc2)c2c1CCCCN2. The molecule has 0 fully saturated rings. The van der Waals surface area contributed by atoms with Crippen molar-refractivity contribution in [3.8, 4) is 11.8 Å². The fraction of sp³-hybridized carbons (Fsp3) is 0.375. The van der Waals surface area contributed by atoms with E-state index in [0.29, 0.717) is 12.2 Å². The Balaban J connectivity index is 2.06. The lowest BCUT2D eigenvalue weighted by Crippen LogP contribution is -2.07. The van der Waals surface area contributed by atoms with Gasteiger partial charge in [-0.05, 0) is 43.5 Å². The molecule has 1 aliphatic rings. The van der Waals surface area contributed by atoms with Gasteiger partial charge in [0.25, 0.3) is 0 Å². The van der Waals surface area contributed by atoms with Crippen molar-refractivity contribution >= 4 is 5.82 Å². The zero-order valence-electron chi connectivity index (χ0n) is 12.1. The molecule has 0 radical (unpaired) electrons. The molecule has 0 saturated heterocycles. The molecule has 3 rings (SSSR count). The molecular weight excluding hydrogens is 264 g/mol. The van der Waals surface area contributed by atoms with Gasteiger partial charge >= 0.3 is 0 Å². The number of benzene rings is 1. The van der Waals surface area contributed by atoms with Gasteiger partial charge in [-0.15, -0.1) is 0 Å². The molecule has 21 heavy (non-hydrogen) atoms. The van der Waals surface area contributed by atoms with E-state index in [1.54, 1.807) is 7.11 Å². The van der Waals surface area contributed by atoms with Crippen LogP contribution in [0.15, 0.2) is 24.3 Å². The molecule has 0 saturated carbocycles. The van der Waals surface area contributed by atoms with Gasteiger partial charge in [0.1, 0.15) is 5.82 Å². The Kier molecular flexibility index (Phi) is 3.89. The third kappa shape index (κ3) is 2.63. The minimum absolute atomic E-state index is 0.521. The van der Waals surface area contributed by atoms with Gasteiger partial charge < -0.3 is 10.1 Å². The summed E-state index contributed by atoms with van der Waals surface area (Å²) in [7, 11) is 1.69. The van der Waals surface area contributed by atoms with E-state index < -0.39 is 0 Å². The Hall–Kier alpha value is -2.32. The summed E-state index contributed by atoms with van der Waals surface area (Å²) in [6, 6.07) is 9.62. The summed E-state index contributed by atoms with van der Waals surface area (Å²) >= 11 is 0. The van der Waals surface area contributed by atoms with Crippen molar-refractivity contribution in [1.82, 2.24) is 9.78 Å². The first-order valence-electron chi connectivity index (χ1n) is 7.17. The third-order valence-electron chi connectivity index (χ3n) is 3.73. The topological polar surface area (TPSA) is 62.9 Å². The molecule has 0 spiro atoms. The quantitative estimate of drug-likeness (QED) is 0.940. The predicted octanol–water partition coefficient (Wildman–Crippen LogP) is 2.64. The predicted molar refractivity (Wildman–Crippen MR) is 80.4 cm³/mol. The lowest BCUT2D eigenvalue weighted by atomic mass is 10.1. The molecule has 0 unspecified atom stereocenters. The monoisotopic (exact) mass is 282 g/mol. The van der Waals surface area contributed by atoms with E-state index >= 15 is 0 Å². The highest BCUT2D eigenvalue weighted by Gasteiger charge is 2.20. The molecule has 5 heteroatoms. The molecule has 5 nitrogen and oxygen atoms in total. The number of aromatic nitrogens is 2. The summed E-state index contributed by atoms with van der Waals surface area (Å²) in [5, 5.41) is 17.1. The van der Waals surface area contributed by atoms with Gasteiger partial charge in [0.2, 0.25) is 0 Å². The number of hydrogen-bond donors (Lipinski definition) is 1. The Labute approximate surface area is 124 Å². The van der Waals surface area contributed by atoms with Crippen molar-refractivity contribution < 1.29 is 4.74 Å². The highest BCUT2D eigenvalue weighted by molar-refractivity contribution is 5.54. The minimum atomic E-state index is 0.521. The molecule has 2 aromatic rings. The lowest BCUT2D eigenvalue weighted by Gasteiger charge is -2.09. The normalized spacial score (nSPS) is 13.9. The molecule has 2 heterocycles. The first-order valence-corrected chi connectivity index (χ1v) is 7.17. The highest BCUT2D eigenvalue weighted by Crippen LogP contribution is 2.28. The maximum atomic E-state index is 8.90. The number of methoxy groups -OCH3 is 1. The Morgan fingerprint density at radius 2 is 2.14 bits per heavy atom. The Morgan fingerprint density at radius 3 is 2.86 bits per heavy atom. The van der Waals surface area contributed by atoms with Gasteiger partial charge in [-0.2, -0.15) is 10.4 Å². The van der Waals surface area contributed by atoms with Crippen LogP contribution in [0.4, 0.5) is 5.82 Å². The number of anilines is 1. The Bertz CT molecular complexity index is 667. The van der Waals surface area contributed by atoms with Gasteiger partial charge in [-0.1, -0.05) is 0 Å². The van der Waals surface area contributed by atoms with Crippen LogP contribution in [0.3, 0.4) is 0 Å². The summed E-state index contributed by atoms with van der Waals surface area (Å²) in [4.78, 5) is 0. The number of hydrogen-bond acceptors (Lipinski definition) is 4. The minimum Gasteiger partial charge on any atom is -0.378 e. The van der Waals surface area contributed by atoms with Crippen LogP contribution in [0.1, 0.15) is 29.7 Å². The average Bonchev–Trinajstić information content (AvgIpc) is 2.71. The zero-order valence-corrected chi connectivity index (χ0v) is 12.1. The van der Waals surface area contributed by atoms with Crippen LogP contribution < -0.4 is 5.32 Å². The van der Waals surface area contributed by atoms with Gasteiger partial charge in [-0.3, -0.25) is 0 Å². The summed E-state index contributed by atoms with van der Waals surface area (Å²) in [5.74, 6) is 1.06. The van der Waals surface area contributed by atoms with E-state index in [1.165, 1.54) is 5.56 Å². The fourth-order valence-electron chi connectivity index (χ4n) is 2.69. The molecule has 0 bridgehead atoms. The smallest absolute Gasteiger partial charge is 0.133 e. The fourth-order valence-corrected chi connectivity index (χ4v) is 2.69. The number of nitrogens with zero attached hydrogens (tertiary/aromatic N) is 3. The maximum Gasteiger partial charge on any atom is 0.133 e. The van der Waals surface area contributed by atoms with E-state index in [1.807, 2.05) is 28.9 Å². The van der Waals surface area contributed by atoms with Crippen LogP contribution in [-0.2, 0) is 17.8 Å². The summed E-state index contributed by atoms with van der Waals surface area (Å²) in [6.07, 6.45) is 3.35. The third-order valence-corrected chi connectivity index (χ3v) is 3.73. The largest absolute Gasteiger partial charge is 0.378 e. The van der Waals surface area contributed by atoms with E-state index in [2.05, 4.69) is 11.4 Å². The summed E-state index contributed by atoms with van der Waals surface area (Å²) in [6.45, 7) is 1.48.